The fraction of sp³-hybridized carbons (Fsp3) is 0.212. The zero-order valence-corrected chi connectivity index (χ0v) is 23.0. The van der Waals surface area contributed by atoms with Crippen LogP contribution in [-0.4, -0.2) is 32.4 Å². The second kappa shape index (κ2) is 10.8. The SMILES string of the molecule is CCc1ccc(C2c3cccn3-c3c(c(C)nn3-c3ccccc3)CN2C(=O)NCc2cccc(OC)c2)cc1. The molecule has 7 heteroatoms. The van der Waals surface area contributed by atoms with Crippen LogP contribution in [0.2, 0.25) is 0 Å². The van der Waals surface area contributed by atoms with E-state index in [1.165, 1.54) is 5.56 Å². The van der Waals surface area contributed by atoms with Gasteiger partial charge < -0.3 is 19.5 Å². The standard InChI is InChI=1S/C33H33N5O2/c1-4-24-15-17-26(18-16-24)31-30-14-9-19-36(30)32-29(23(2)35-38(32)27-11-6-5-7-12-27)22-37(31)33(39)34-21-25-10-8-13-28(20-25)40-3/h5-20,31H,4,21-22H2,1-3H3,(H,34,39). The van der Waals surface area contributed by atoms with Gasteiger partial charge >= 0.3 is 6.03 Å². The van der Waals surface area contributed by atoms with Crippen LogP contribution in [0.5, 0.6) is 5.75 Å². The number of ether oxygens (including phenoxy) is 1. The quantitative estimate of drug-likeness (QED) is 0.277. The fourth-order valence-corrected chi connectivity index (χ4v) is 5.50. The van der Waals surface area contributed by atoms with E-state index in [9.17, 15) is 4.79 Å². The fourth-order valence-electron chi connectivity index (χ4n) is 5.50. The molecule has 202 valence electrons. The molecule has 0 saturated carbocycles. The van der Waals surface area contributed by atoms with Crippen LogP contribution >= 0.6 is 0 Å². The number of aromatic nitrogens is 3. The Labute approximate surface area is 234 Å². The smallest absolute Gasteiger partial charge is 0.318 e. The molecule has 6 rings (SSSR count). The van der Waals surface area contributed by atoms with Crippen molar-refractivity contribution >= 4 is 6.03 Å². The van der Waals surface area contributed by atoms with E-state index in [2.05, 4.69) is 65.5 Å². The molecular weight excluding hydrogens is 498 g/mol. The maximum Gasteiger partial charge on any atom is 0.318 e. The first-order valence-electron chi connectivity index (χ1n) is 13.6. The number of nitrogens with one attached hydrogen (secondary N) is 1. The summed E-state index contributed by atoms with van der Waals surface area (Å²) in [4.78, 5) is 16.0. The van der Waals surface area contributed by atoms with Gasteiger partial charge in [0.05, 0.1) is 36.8 Å². The van der Waals surface area contributed by atoms with Crippen LogP contribution in [0.3, 0.4) is 0 Å². The minimum atomic E-state index is -0.290. The molecule has 0 spiro atoms. The second-order valence-corrected chi connectivity index (χ2v) is 10.1. The number of hydrogen-bond acceptors (Lipinski definition) is 3. The number of benzene rings is 3. The summed E-state index contributed by atoms with van der Waals surface area (Å²) in [5.41, 5.74) is 7.21. The van der Waals surface area contributed by atoms with E-state index < -0.39 is 0 Å². The average molecular weight is 532 g/mol. The number of para-hydroxylation sites is 1. The number of carbonyl (C=O) groups is 1. The average Bonchev–Trinajstić information content (AvgIpc) is 3.56. The molecule has 0 fully saturated rings. The third-order valence-electron chi connectivity index (χ3n) is 7.63. The molecule has 1 unspecified atom stereocenters. The lowest BCUT2D eigenvalue weighted by Crippen LogP contribution is -2.41. The normalized spacial score (nSPS) is 14.3. The van der Waals surface area contributed by atoms with Gasteiger partial charge in [0, 0.05) is 18.3 Å². The van der Waals surface area contributed by atoms with Crippen LogP contribution in [0.1, 0.15) is 46.6 Å². The van der Waals surface area contributed by atoms with Gasteiger partial charge in [0.15, 0.2) is 0 Å². The Kier molecular flexibility index (Phi) is 6.86. The van der Waals surface area contributed by atoms with Crippen molar-refractivity contribution in [2.45, 2.75) is 39.4 Å². The first-order valence-corrected chi connectivity index (χ1v) is 13.6. The second-order valence-electron chi connectivity index (χ2n) is 10.1. The summed E-state index contributed by atoms with van der Waals surface area (Å²) in [6.07, 6.45) is 3.03. The molecule has 1 aliphatic rings. The van der Waals surface area contributed by atoms with Gasteiger partial charge in [-0.2, -0.15) is 5.10 Å². The molecule has 0 bridgehead atoms. The molecule has 1 aliphatic heterocycles. The van der Waals surface area contributed by atoms with E-state index in [0.717, 1.165) is 51.8 Å². The number of fused-ring (bicyclic) bond motifs is 3. The van der Waals surface area contributed by atoms with Crippen molar-refractivity contribution in [1.29, 1.82) is 0 Å². The van der Waals surface area contributed by atoms with Crippen molar-refractivity contribution in [3.63, 3.8) is 0 Å². The highest BCUT2D eigenvalue weighted by atomic mass is 16.5. The van der Waals surface area contributed by atoms with E-state index in [4.69, 9.17) is 9.84 Å². The molecule has 1 atom stereocenters. The molecule has 0 saturated heterocycles. The number of carbonyl (C=O) groups excluding carboxylic acids is 1. The van der Waals surface area contributed by atoms with Gasteiger partial charge in [0.1, 0.15) is 11.6 Å². The van der Waals surface area contributed by atoms with Crippen LogP contribution < -0.4 is 10.1 Å². The third-order valence-corrected chi connectivity index (χ3v) is 7.63. The summed E-state index contributed by atoms with van der Waals surface area (Å²) in [7, 11) is 1.65. The Hall–Kier alpha value is -4.78. The van der Waals surface area contributed by atoms with Crippen molar-refractivity contribution < 1.29 is 9.53 Å². The van der Waals surface area contributed by atoms with Gasteiger partial charge in [-0.1, -0.05) is 61.5 Å². The maximum atomic E-state index is 14.1. The van der Waals surface area contributed by atoms with Gasteiger partial charge in [-0.25, -0.2) is 9.48 Å². The Balaban J connectivity index is 1.45. The minimum Gasteiger partial charge on any atom is -0.497 e. The lowest BCUT2D eigenvalue weighted by Gasteiger charge is -2.31. The molecule has 1 N–H and O–H groups in total. The predicted molar refractivity (Wildman–Crippen MR) is 156 cm³/mol. The third kappa shape index (κ3) is 4.64. The van der Waals surface area contributed by atoms with E-state index >= 15 is 0 Å². The molecule has 5 aromatic rings. The van der Waals surface area contributed by atoms with Crippen LogP contribution in [-0.2, 0) is 19.5 Å². The van der Waals surface area contributed by atoms with E-state index in [1.807, 2.05) is 65.0 Å². The molecule has 2 amide bonds. The molecule has 3 heterocycles. The number of aryl methyl sites for hydroxylation is 2. The van der Waals surface area contributed by atoms with Gasteiger partial charge in [-0.15, -0.1) is 0 Å². The summed E-state index contributed by atoms with van der Waals surface area (Å²) in [5, 5.41) is 8.11. The summed E-state index contributed by atoms with van der Waals surface area (Å²) in [6, 6.07) is 30.3. The highest BCUT2D eigenvalue weighted by Gasteiger charge is 2.35. The predicted octanol–water partition coefficient (Wildman–Crippen LogP) is 6.36. The van der Waals surface area contributed by atoms with Crippen molar-refractivity contribution in [3.05, 3.63) is 131 Å². The molecule has 0 aliphatic carbocycles. The van der Waals surface area contributed by atoms with Gasteiger partial charge in [0.2, 0.25) is 0 Å². The molecule has 3 aromatic carbocycles. The molecule has 7 nitrogen and oxygen atoms in total. The highest BCUT2D eigenvalue weighted by Crippen LogP contribution is 2.38. The minimum absolute atomic E-state index is 0.139. The zero-order valence-electron chi connectivity index (χ0n) is 23.0. The van der Waals surface area contributed by atoms with Crippen molar-refractivity contribution in [2.24, 2.45) is 0 Å². The molecular formula is C33H33N5O2. The summed E-state index contributed by atoms with van der Waals surface area (Å²) in [5.74, 6) is 1.73. The van der Waals surface area contributed by atoms with Crippen molar-refractivity contribution in [1.82, 2.24) is 24.6 Å². The highest BCUT2D eigenvalue weighted by molar-refractivity contribution is 5.76. The van der Waals surface area contributed by atoms with Crippen molar-refractivity contribution in [2.75, 3.05) is 7.11 Å². The largest absolute Gasteiger partial charge is 0.497 e. The lowest BCUT2D eigenvalue weighted by atomic mass is 9.99. The molecule has 0 radical (unpaired) electrons. The van der Waals surface area contributed by atoms with E-state index in [1.54, 1.807) is 7.11 Å². The number of urea groups is 1. The Bertz CT molecular complexity index is 1640. The van der Waals surface area contributed by atoms with Gasteiger partial charge in [-0.3, -0.25) is 0 Å². The van der Waals surface area contributed by atoms with Crippen LogP contribution in [0.4, 0.5) is 4.79 Å². The summed E-state index contributed by atoms with van der Waals surface area (Å²) in [6.45, 7) is 4.98. The van der Waals surface area contributed by atoms with Gasteiger partial charge in [0.25, 0.3) is 0 Å². The number of hydrogen-bond donors (Lipinski definition) is 1. The number of amides is 2. The monoisotopic (exact) mass is 531 g/mol. The zero-order chi connectivity index (χ0) is 27.6. The molecule has 40 heavy (non-hydrogen) atoms. The Morgan fingerprint density at radius 3 is 2.52 bits per heavy atom. The van der Waals surface area contributed by atoms with E-state index in [-0.39, 0.29) is 12.1 Å². The van der Waals surface area contributed by atoms with Crippen molar-refractivity contribution in [3.8, 4) is 17.3 Å². The lowest BCUT2D eigenvalue weighted by molar-refractivity contribution is 0.180. The first-order chi connectivity index (χ1) is 19.6. The summed E-state index contributed by atoms with van der Waals surface area (Å²) < 4.78 is 9.55. The molecule has 2 aromatic heterocycles. The number of nitrogens with zero attached hydrogens (tertiary/aromatic N) is 4. The Morgan fingerprint density at radius 2 is 1.77 bits per heavy atom. The first kappa shape index (κ1) is 25.5. The summed E-state index contributed by atoms with van der Waals surface area (Å²) >= 11 is 0. The number of rotatable bonds is 6. The van der Waals surface area contributed by atoms with Crippen LogP contribution in [0.15, 0.2) is 97.2 Å². The Morgan fingerprint density at radius 1 is 0.975 bits per heavy atom. The number of methoxy groups -OCH3 is 1. The van der Waals surface area contributed by atoms with E-state index in [0.29, 0.717) is 13.1 Å². The van der Waals surface area contributed by atoms with Gasteiger partial charge in [-0.05, 0) is 66.4 Å². The maximum absolute atomic E-state index is 14.1. The van der Waals surface area contributed by atoms with Crippen LogP contribution in [0.25, 0.3) is 11.5 Å². The van der Waals surface area contributed by atoms with Crippen LogP contribution in [0, 0.1) is 6.92 Å². The topological polar surface area (TPSA) is 64.3 Å².